The molecule has 1 aromatic carbocycles. The van der Waals surface area contributed by atoms with E-state index >= 15 is 0 Å². The monoisotopic (exact) mass is 248 g/mol. The summed E-state index contributed by atoms with van der Waals surface area (Å²) in [5, 5.41) is 16.1. The fourth-order valence-corrected chi connectivity index (χ4v) is 2.12. The van der Waals surface area contributed by atoms with Gasteiger partial charge in [0.25, 0.3) is 0 Å². The minimum atomic E-state index is -1.01. The number of benzene rings is 1. The molecule has 0 saturated heterocycles. The largest absolute Gasteiger partial charge is 0.478 e. The minimum absolute atomic E-state index is 0.125. The summed E-state index contributed by atoms with van der Waals surface area (Å²) >= 11 is 1.63. The average molecular weight is 248 g/mol. The zero-order valence-corrected chi connectivity index (χ0v) is 9.83. The minimum Gasteiger partial charge on any atom is -0.478 e. The maximum atomic E-state index is 10.9. The van der Waals surface area contributed by atoms with E-state index in [1.165, 1.54) is 5.56 Å². The van der Waals surface area contributed by atoms with Crippen molar-refractivity contribution >= 4 is 28.7 Å². The highest BCUT2D eigenvalue weighted by atomic mass is 32.1. The number of hydrogen-bond donors (Lipinski definition) is 3. The first kappa shape index (κ1) is 11.5. The van der Waals surface area contributed by atoms with Crippen molar-refractivity contribution < 1.29 is 9.90 Å². The van der Waals surface area contributed by atoms with E-state index in [0.29, 0.717) is 6.54 Å². The van der Waals surface area contributed by atoms with Crippen molar-refractivity contribution in [2.45, 2.75) is 6.54 Å². The third-order valence-corrected chi connectivity index (χ3v) is 3.09. The van der Waals surface area contributed by atoms with Gasteiger partial charge in [-0.25, -0.2) is 4.79 Å². The molecule has 1 heterocycles. The van der Waals surface area contributed by atoms with Crippen molar-refractivity contribution in [1.82, 2.24) is 0 Å². The Morgan fingerprint density at radius 3 is 2.88 bits per heavy atom. The molecule has 0 bridgehead atoms. The summed E-state index contributed by atoms with van der Waals surface area (Å²) in [4.78, 5) is 10.9. The van der Waals surface area contributed by atoms with Crippen molar-refractivity contribution in [1.29, 1.82) is 0 Å². The Labute approximate surface area is 103 Å². The van der Waals surface area contributed by atoms with Gasteiger partial charge < -0.3 is 16.2 Å². The van der Waals surface area contributed by atoms with Gasteiger partial charge in [0, 0.05) is 17.9 Å². The second kappa shape index (κ2) is 4.88. The van der Waals surface area contributed by atoms with Crippen LogP contribution in [0.4, 0.5) is 11.4 Å². The number of thiophene rings is 1. The van der Waals surface area contributed by atoms with Gasteiger partial charge in [-0.3, -0.25) is 0 Å². The van der Waals surface area contributed by atoms with Crippen LogP contribution in [-0.4, -0.2) is 11.1 Å². The van der Waals surface area contributed by atoms with E-state index < -0.39 is 5.97 Å². The molecule has 0 aliphatic heterocycles. The van der Waals surface area contributed by atoms with E-state index in [0.717, 1.165) is 5.69 Å². The number of hydrogen-bond acceptors (Lipinski definition) is 4. The van der Waals surface area contributed by atoms with E-state index in [-0.39, 0.29) is 11.3 Å². The van der Waals surface area contributed by atoms with Gasteiger partial charge in [0.2, 0.25) is 0 Å². The van der Waals surface area contributed by atoms with Crippen molar-refractivity contribution in [2.75, 3.05) is 11.1 Å². The zero-order chi connectivity index (χ0) is 12.3. The summed E-state index contributed by atoms with van der Waals surface area (Å²) in [6.45, 7) is 0.673. The number of carboxylic acid groups (broad SMARTS) is 1. The number of nitrogens with two attached hydrogens (primary N) is 1. The molecule has 0 fully saturated rings. The summed E-state index contributed by atoms with van der Waals surface area (Å²) < 4.78 is 0. The second-order valence-corrected chi connectivity index (χ2v) is 4.37. The Hall–Kier alpha value is -2.01. The number of carbonyl (C=O) groups is 1. The highest BCUT2D eigenvalue weighted by molar-refractivity contribution is 7.07. The number of aromatic carboxylic acids is 1. The molecule has 2 rings (SSSR count). The summed E-state index contributed by atoms with van der Waals surface area (Å²) in [6, 6.07) is 6.94. The molecule has 5 heteroatoms. The van der Waals surface area contributed by atoms with Crippen molar-refractivity contribution in [2.24, 2.45) is 0 Å². The Bertz CT molecular complexity index is 523. The molecule has 17 heavy (non-hydrogen) atoms. The van der Waals surface area contributed by atoms with Crippen LogP contribution in [0.2, 0.25) is 0 Å². The zero-order valence-electron chi connectivity index (χ0n) is 9.01. The van der Waals surface area contributed by atoms with Gasteiger partial charge in [-0.1, -0.05) is 0 Å². The molecular formula is C12H12N2O2S. The van der Waals surface area contributed by atoms with E-state index in [9.17, 15) is 4.79 Å². The van der Waals surface area contributed by atoms with Gasteiger partial charge in [-0.05, 0) is 40.6 Å². The molecule has 0 aliphatic carbocycles. The molecular weight excluding hydrogens is 236 g/mol. The van der Waals surface area contributed by atoms with E-state index in [1.54, 1.807) is 29.5 Å². The molecule has 4 N–H and O–H groups in total. The van der Waals surface area contributed by atoms with Gasteiger partial charge >= 0.3 is 5.97 Å². The second-order valence-electron chi connectivity index (χ2n) is 3.59. The molecule has 0 unspecified atom stereocenters. The van der Waals surface area contributed by atoms with E-state index in [2.05, 4.69) is 5.32 Å². The van der Waals surface area contributed by atoms with Crippen LogP contribution in [0.5, 0.6) is 0 Å². The third-order valence-electron chi connectivity index (χ3n) is 2.36. The smallest absolute Gasteiger partial charge is 0.337 e. The van der Waals surface area contributed by atoms with Crippen LogP contribution in [-0.2, 0) is 6.54 Å². The maximum Gasteiger partial charge on any atom is 0.337 e. The molecule has 0 aliphatic rings. The lowest BCUT2D eigenvalue weighted by molar-refractivity contribution is 0.0698. The van der Waals surface area contributed by atoms with Crippen LogP contribution < -0.4 is 11.1 Å². The van der Waals surface area contributed by atoms with Crippen molar-refractivity contribution in [3.05, 3.63) is 46.2 Å². The molecule has 0 spiro atoms. The first-order valence-electron chi connectivity index (χ1n) is 5.04. The number of nitrogen functional groups attached to an aromatic ring is 1. The summed E-state index contributed by atoms with van der Waals surface area (Å²) in [5.74, 6) is -1.01. The van der Waals surface area contributed by atoms with Crippen LogP contribution in [0, 0.1) is 0 Å². The Kier molecular flexibility index (Phi) is 3.30. The highest BCUT2D eigenvalue weighted by Crippen LogP contribution is 2.18. The number of anilines is 2. The van der Waals surface area contributed by atoms with Crippen molar-refractivity contribution in [3.8, 4) is 0 Å². The number of rotatable bonds is 4. The van der Waals surface area contributed by atoms with Gasteiger partial charge in [0.05, 0.1) is 5.56 Å². The van der Waals surface area contributed by atoms with Crippen molar-refractivity contribution in [3.63, 3.8) is 0 Å². The van der Waals surface area contributed by atoms with Gasteiger partial charge in [-0.2, -0.15) is 11.3 Å². The first-order valence-corrected chi connectivity index (χ1v) is 5.99. The predicted octanol–water partition coefficient (Wildman–Crippen LogP) is 2.64. The van der Waals surface area contributed by atoms with Crippen LogP contribution in [0.3, 0.4) is 0 Å². The van der Waals surface area contributed by atoms with E-state index in [4.69, 9.17) is 10.8 Å². The Morgan fingerprint density at radius 2 is 2.24 bits per heavy atom. The highest BCUT2D eigenvalue weighted by Gasteiger charge is 2.08. The van der Waals surface area contributed by atoms with Crippen LogP contribution in [0.25, 0.3) is 0 Å². The molecule has 88 valence electrons. The SMILES string of the molecule is Nc1ccc(NCc2ccsc2)cc1C(=O)O. The molecule has 1 aromatic heterocycles. The molecule has 0 atom stereocenters. The number of carboxylic acids is 1. The van der Waals surface area contributed by atoms with Crippen LogP contribution in [0.15, 0.2) is 35.0 Å². The Balaban J connectivity index is 2.11. The molecule has 0 radical (unpaired) electrons. The topological polar surface area (TPSA) is 75.3 Å². The fourth-order valence-electron chi connectivity index (χ4n) is 1.45. The lowest BCUT2D eigenvalue weighted by atomic mass is 10.1. The summed E-state index contributed by atoms with van der Waals surface area (Å²) in [6.07, 6.45) is 0. The van der Waals surface area contributed by atoms with E-state index in [1.807, 2.05) is 16.8 Å². The van der Waals surface area contributed by atoms with Crippen LogP contribution >= 0.6 is 11.3 Å². The quantitative estimate of drug-likeness (QED) is 0.727. The van der Waals surface area contributed by atoms with Crippen LogP contribution in [0.1, 0.15) is 15.9 Å². The maximum absolute atomic E-state index is 10.9. The molecule has 0 saturated carbocycles. The molecule has 0 amide bonds. The average Bonchev–Trinajstić information content (AvgIpc) is 2.80. The molecule has 2 aromatic rings. The standard InChI is InChI=1S/C12H12N2O2S/c13-11-2-1-9(5-10(11)12(15)16)14-6-8-3-4-17-7-8/h1-5,7,14H,6,13H2,(H,15,16). The lowest BCUT2D eigenvalue weighted by Crippen LogP contribution is -2.04. The molecule has 4 nitrogen and oxygen atoms in total. The summed E-state index contributed by atoms with van der Waals surface area (Å²) in [5.41, 5.74) is 7.90. The summed E-state index contributed by atoms with van der Waals surface area (Å²) in [7, 11) is 0. The third kappa shape index (κ3) is 2.76. The van der Waals surface area contributed by atoms with Gasteiger partial charge in [0.1, 0.15) is 0 Å². The number of nitrogens with one attached hydrogen (secondary N) is 1. The van der Waals surface area contributed by atoms with Gasteiger partial charge in [0.15, 0.2) is 0 Å². The predicted molar refractivity (Wildman–Crippen MR) is 69.5 cm³/mol. The fraction of sp³-hybridized carbons (Fsp3) is 0.0833. The Morgan fingerprint density at radius 1 is 1.41 bits per heavy atom. The first-order chi connectivity index (χ1) is 8.16. The lowest BCUT2D eigenvalue weighted by Gasteiger charge is -2.07. The van der Waals surface area contributed by atoms with Gasteiger partial charge in [-0.15, -0.1) is 0 Å². The normalized spacial score (nSPS) is 10.1.